The van der Waals surface area contributed by atoms with Crippen LogP contribution in [0.3, 0.4) is 0 Å². The minimum atomic E-state index is -0.200. The van der Waals surface area contributed by atoms with Crippen molar-refractivity contribution < 1.29 is 4.39 Å². The number of hydrogen-bond donors (Lipinski definition) is 1. The number of rotatable bonds is 2. The monoisotopic (exact) mass is 236 g/mol. The van der Waals surface area contributed by atoms with E-state index < -0.39 is 0 Å². The molecule has 3 rings (SSSR count). The lowest BCUT2D eigenvalue weighted by Gasteiger charge is -2.03. The van der Waals surface area contributed by atoms with Crippen molar-refractivity contribution in [2.45, 2.75) is 26.3 Å². The van der Waals surface area contributed by atoms with Crippen molar-refractivity contribution in [3.8, 4) is 0 Å². The molecule has 1 heterocycles. The first-order chi connectivity index (χ1) is 7.54. The zero-order chi connectivity index (χ0) is 11.3. The minimum Gasteiger partial charge on any atom is -0.358 e. The van der Waals surface area contributed by atoms with Crippen molar-refractivity contribution in [1.29, 1.82) is 0 Å². The van der Waals surface area contributed by atoms with E-state index >= 15 is 0 Å². The first-order valence-electron chi connectivity index (χ1n) is 5.37. The molecule has 0 radical (unpaired) electrons. The number of fused-ring (bicyclic) bond motifs is 1. The fraction of sp³-hybridized carbons (Fsp3) is 0.417. The van der Waals surface area contributed by atoms with Crippen molar-refractivity contribution in [2.75, 3.05) is 5.32 Å². The Bertz CT molecular complexity index is 547. The van der Waals surface area contributed by atoms with E-state index in [1.807, 2.05) is 0 Å². The highest BCUT2D eigenvalue weighted by Crippen LogP contribution is 2.47. The van der Waals surface area contributed by atoms with Crippen LogP contribution in [-0.4, -0.2) is 11.0 Å². The van der Waals surface area contributed by atoms with Gasteiger partial charge in [0.1, 0.15) is 5.82 Å². The van der Waals surface area contributed by atoms with Gasteiger partial charge in [-0.2, -0.15) is 0 Å². The standard InChI is InChI=1S/C12H13FN2S/c1-12(2)6-10(12)15-11-14-8-4-3-7(13)5-9(8)16-11/h3-5,10H,6H2,1-2H3,(H,14,15). The molecular formula is C12H13FN2S. The summed E-state index contributed by atoms with van der Waals surface area (Å²) in [6, 6.07) is 5.23. The summed E-state index contributed by atoms with van der Waals surface area (Å²) >= 11 is 1.52. The predicted molar refractivity (Wildman–Crippen MR) is 65.4 cm³/mol. The topological polar surface area (TPSA) is 24.9 Å². The number of nitrogens with one attached hydrogen (secondary N) is 1. The number of thiazole rings is 1. The Balaban J connectivity index is 1.88. The van der Waals surface area contributed by atoms with Gasteiger partial charge in [0.05, 0.1) is 10.2 Å². The molecule has 2 aromatic rings. The van der Waals surface area contributed by atoms with Gasteiger partial charge in [0, 0.05) is 6.04 Å². The summed E-state index contributed by atoms with van der Waals surface area (Å²) in [5.74, 6) is -0.200. The van der Waals surface area contributed by atoms with E-state index in [1.165, 1.54) is 29.9 Å². The van der Waals surface area contributed by atoms with E-state index in [9.17, 15) is 4.39 Å². The van der Waals surface area contributed by atoms with Gasteiger partial charge in [0.15, 0.2) is 5.13 Å². The van der Waals surface area contributed by atoms with Crippen LogP contribution in [0, 0.1) is 11.2 Å². The van der Waals surface area contributed by atoms with Crippen LogP contribution in [0.5, 0.6) is 0 Å². The molecular weight excluding hydrogens is 223 g/mol. The third-order valence-electron chi connectivity index (χ3n) is 3.16. The average molecular weight is 236 g/mol. The van der Waals surface area contributed by atoms with E-state index in [2.05, 4.69) is 24.1 Å². The maximum absolute atomic E-state index is 13.0. The molecule has 1 N–H and O–H groups in total. The maximum Gasteiger partial charge on any atom is 0.184 e. The summed E-state index contributed by atoms with van der Waals surface area (Å²) in [6.45, 7) is 4.47. The van der Waals surface area contributed by atoms with Gasteiger partial charge in [-0.1, -0.05) is 25.2 Å². The number of benzene rings is 1. The number of nitrogens with zero attached hydrogens (tertiary/aromatic N) is 1. The van der Waals surface area contributed by atoms with Crippen molar-refractivity contribution in [1.82, 2.24) is 4.98 Å². The van der Waals surface area contributed by atoms with Gasteiger partial charge < -0.3 is 5.32 Å². The summed E-state index contributed by atoms with van der Waals surface area (Å²) in [4.78, 5) is 4.44. The van der Waals surface area contributed by atoms with E-state index in [1.54, 1.807) is 6.07 Å². The Hall–Kier alpha value is -1.16. The van der Waals surface area contributed by atoms with E-state index in [4.69, 9.17) is 0 Å². The zero-order valence-corrected chi connectivity index (χ0v) is 10.1. The lowest BCUT2D eigenvalue weighted by atomic mass is 10.2. The Morgan fingerprint density at radius 1 is 1.50 bits per heavy atom. The van der Waals surface area contributed by atoms with Crippen molar-refractivity contribution in [3.63, 3.8) is 0 Å². The molecule has 1 aromatic heterocycles. The molecule has 1 aliphatic carbocycles. The maximum atomic E-state index is 13.0. The molecule has 1 saturated carbocycles. The molecule has 1 fully saturated rings. The third kappa shape index (κ3) is 1.67. The van der Waals surface area contributed by atoms with Crippen LogP contribution in [-0.2, 0) is 0 Å². The third-order valence-corrected chi connectivity index (χ3v) is 4.11. The van der Waals surface area contributed by atoms with E-state index in [-0.39, 0.29) is 5.82 Å². The van der Waals surface area contributed by atoms with Crippen LogP contribution in [0.25, 0.3) is 10.2 Å². The molecule has 4 heteroatoms. The van der Waals surface area contributed by atoms with Crippen LogP contribution in [0.1, 0.15) is 20.3 Å². The normalized spacial score (nSPS) is 22.3. The molecule has 1 aromatic carbocycles. The second-order valence-electron chi connectivity index (χ2n) is 5.02. The van der Waals surface area contributed by atoms with Crippen LogP contribution in [0.2, 0.25) is 0 Å². The fourth-order valence-electron chi connectivity index (χ4n) is 1.82. The second-order valence-corrected chi connectivity index (χ2v) is 6.05. The highest BCUT2D eigenvalue weighted by atomic mass is 32.1. The van der Waals surface area contributed by atoms with Crippen LogP contribution in [0.15, 0.2) is 18.2 Å². The molecule has 0 amide bonds. The van der Waals surface area contributed by atoms with Gasteiger partial charge in [-0.3, -0.25) is 0 Å². The average Bonchev–Trinajstić information content (AvgIpc) is 2.64. The van der Waals surface area contributed by atoms with E-state index in [0.29, 0.717) is 11.5 Å². The summed E-state index contributed by atoms with van der Waals surface area (Å²) in [6.07, 6.45) is 1.18. The molecule has 0 saturated heterocycles. The highest BCUT2D eigenvalue weighted by molar-refractivity contribution is 7.22. The van der Waals surface area contributed by atoms with Crippen molar-refractivity contribution >= 4 is 26.7 Å². The molecule has 2 nitrogen and oxygen atoms in total. The van der Waals surface area contributed by atoms with Gasteiger partial charge >= 0.3 is 0 Å². The summed E-state index contributed by atoms with van der Waals surface area (Å²) in [5.41, 5.74) is 1.25. The SMILES string of the molecule is CC1(C)CC1Nc1nc2ccc(F)cc2s1. The number of anilines is 1. The second kappa shape index (κ2) is 3.17. The molecule has 84 valence electrons. The quantitative estimate of drug-likeness (QED) is 0.861. The summed E-state index contributed by atoms with van der Waals surface area (Å²) in [5, 5.41) is 4.30. The smallest absolute Gasteiger partial charge is 0.184 e. The predicted octanol–water partition coefficient (Wildman–Crippen LogP) is 3.65. The van der Waals surface area contributed by atoms with Crippen LogP contribution in [0.4, 0.5) is 9.52 Å². The summed E-state index contributed by atoms with van der Waals surface area (Å²) in [7, 11) is 0. The molecule has 1 unspecified atom stereocenters. The van der Waals surface area contributed by atoms with Gasteiger partial charge in [-0.05, 0) is 30.0 Å². The Morgan fingerprint density at radius 2 is 2.25 bits per heavy atom. The lowest BCUT2D eigenvalue weighted by Crippen LogP contribution is -2.07. The van der Waals surface area contributed by atoms with Crippen LogP contribution >= 0.6 is 11.3 Å². The van der Waals surface area contributed by atoms with Gasteiger partial charge in [0.2, 0.25) is 0 Å². The Kier molecular flexibility index (Phi) is 1.98. The number of halogens is 1. The fourth-order valence-corrected chi connectivity index (χ4v) is 2.77. The molecule has 0 bridgehead atoms. The first-order valence-corrected chi connectivity index (χ1v) is 6.19. The van der Waals surface area contributed by atoms with Crippen molar-refractivity contribution in [3.05, 3.63) is 24.0 Å². The molecule has 16 heavy (non-hydrogen) atoms. The number of hydrogen-bond acceptors (Lipinski definition) is 3. The first kappa shape index (κ1) is 10.0. The summed E-state index contributed by atoms with van der Waals surface area (Å²) < 4.78 is 13.9. The number of aromatic nitrogens is 1. The Labute approximate surface area is 97.5 Å². The van der Waals surface area contributed by atoms with Crippen molar-refractivity contribution in [2.24, 2.45) is 5.41 Å². The van der Waals surface area contributed by atoms with E-state index in [0.717, 1.165) is 15.3 Å². The molecule has 0 aliphatic heterocycles. The Morgan fingerprint density at radius 3 is 2.94 bits per heavy atom. The molecule has 1 aliphatic rings. The minimum absolute atomic E-state index is 0.200. The molecule has 1 atom stereocenters. The van der Waals surface area contributed by atoms with Gasteiger partial charge in [-0.25, -0.2) is 9.37 Å². The largest absolute Gasteiger partial charge is 0.358 e. The lowest BCUT2D eigenvalue weighted by molar-refractivity contribution is 0.630. The highest BCUT2D eigenvalue weighted by Gasteiger charge is 2.46. The van der Waals surface area contributed by atoms with Crippen LogP contribution < -0.4 is 5.32 Å². The zero-order valence-electron chi connectivity index (χ0n) is 9.25. The molecule has 0 spiro atoms. The van der Waals surface area contributed by atoms with Gasteiger partial charge in [0.25, 0.3) is 0 Å². The van der Waals surface area contributed by atoms with Gasteiger partial charge in [-0.15, -0.1) is 0 Å².